The lowest BCUT2D eigenvalue weighted by Gasteiger charge is -2.48. The molecule has 0 aromatic carbocycles. The van der Waals surface area contributed by atoms with Gasteiger partial charge in [0, 0.05) is 43.6 Å². The molecule has 1 aromatic heterocycles. The van der Waals surface area contributed by atoms with E-state index in [2.05, 4.69) is 29.1 Å². The van der Waals surface area contributed by atoms with Gasteiger partial charge in [-0.3, -0.25) is 0 Å². The minimum Gasteiger partial charge on any atom is -0.356 e. The van der Waals surface area contributed by atoms with Crippen molar-refractivity contribution in [3.63, 3.8) is 0 Å². The second-order valence-electron chi connectivity index (χ2n) is 8.14. The molecule has 3 aliphatic rings. The summed E-state index contributed by atoms with van der Waals surface area (Å²) in [6, 6.07) is 0. The highest BCUT2D eigenvalue weighted by Gasteiger charge is 2.39. The summed E-state index contributed by atoms with van der Waals surface area (Å²) in [7, 11) is 2.28. The second kappa shape index (κ2) is 6.60. The number of aromatic nitrogens is 2. The van der Waals surface area contributed by atoms with E-state index in [1.807, 2.05) is 0 Å². The third-order valence-corrected chi connectivity index (χ3v) is 6.09. The van der Waals surface area contributed by atoms with E-state index in [1.165, 1.54) is 62.4 Å². The molecule has 1 N–H and O–H groups in total. The first-order valence-electron chi connectivity index (χ1n) is 9.66. The van der Waals surface area contributed by atoms with Crippen molar-refractivity contribution in [1.29, 1.82) is 0 Å². The largest absolute Gasteiger partial charge is 0.356 e. The molecule has 0 amide bonds. The molecular formula is C19H31N5. The fraction of sp³-hybridized carbons (Fsp3) is 0.789. The van der Waals surface area contributed by atoms with Crippen LogP contribution in [0, 0.1) is 12.3 Å². The van der Waals surface area contributed by atoms with E-state index in [1.54, 1.807) is 0 Å². The van der Waals surface area contributed by atoms with Crippen molar-refractivity contribution >= 4 is 5.82 Å². The smallest absolute Gasteiger partial charge is 0.135 e. The van der Waals surface area contributed by atoms with Gasteiger partial charge in [0.25, 0.3) is 0 Å². The van der Waals surface area contributed by atoms with Crippen LogP contribution in [0.2, 0.25) is 0 Å². The molecule has 0 radical (unpaired) electrons. The molecule has 1 aromatic rings. The molecule has 2 fully saturated rings. The van der Waals surface area contributed by atoms with Crippen LogP contribution in [0.25, 0.3) is 0 Å². The molecule has 5 nitrogen and oxygen atoms in total. The lowest BCUT2D eigenvalue weighted by atomic mass is 9.74. The van der Waals surface area contributed by atoms with Crippen molar-refractivity contribution in [2.45, 2.75) is 45.4 Å². The van der Waals surface area contributed by atoms with E-state index in [0.717, 1.165) is 38.3 Å². The molecule has 0 aliphatic carbocycles. The molecule has 132 valence electrons. The van der Waals surface area contributed by atoms with Crippen molar-refractivity contribution in [2.24, 2.45) is 5.41 Å². The number of hydrogen-bond acceptors (Lipinski definition) is 5. The first-order chi connectivity index (χ1) is 11.7. The summed E-state index contributed by atoms with van der Waals surface area (Å²) in [5, 5.41) is 3.51. The molecular weight excluding hydrogens is 298 g/mol. The van der Waals surface area contributed by atoms with Gasteiger partial charge in [0.15, 0.2) is 0 Å². The van der Waals surface area contributed by atoms with E-state index < -0.39 is 0 Å². The Labute approximate surface area is 145 Å². The first-order valence-corrected chi connectivity index (χ1v) is 9.66. The topological polar surface area (TPSA) is 44.3 Å². The third kappa shape index (κ3) is 3.16. The van der Waals surface area contributed by atoms with Gasteiger partial charge in [-0.25, -0.2) is 9.97 Å². The average molecular weight is 329 g/mol. The maximum absolute atomic E-state index is 4.92. The van der Waals surface area contributed by atoms with Gasteiger partial charge in [-0.1, -0.05) is 0 Å². The zero-order valence-corrected chi connectivity index (χ0v) is 15.3. The number of rotatable bonds is 1. The number of anilines is 1. The third-order valence-electron chi connectivity index (χ3n) is 6.09. The Balaban J connectivity index is 1.64. The standard InChI is InChI=1S/C19H31N5/c1-15-21-17-6-10-20-9-5-16(17)18(22-15)24-12-4-8-19(14-24)7-3-11-23(2)13-19/h20H,3-14H2,1-2H3/t19-/m1/s1. The summed E-state index contributed by atoms with van der Waals surface area (Å²) in [5.41, 5.74) is 3.16. The van der Waals surface area contributed by atoms with Crippen LogP contribution in [-0.4, -0.2) is 61.2 Å². The van der Waals surface area contributed by atoms with Crippen LogP contribution in [0.15, 0.2) is 0 Å². The van der Waals surface area contributed by atoms with Gasteiger partial charge in [0.2, 0.25) is 0 Å². The zero-order valence-electron chi connectivity index (χ0n) is 15.3. The van der Waals surface area contributed by atoms with Gasteiger partial charge in [0.1, 0.15) is 11.6 Å². The van der Waals surface area contributed by atoms with Crippen LogP contribution in [0.5, 0.6) is 0 Å². The highest BCUT2D eigenvalue weighted by Crippen LogP contribution is 2.40. The molecule has 4 heterocycles. The lowest BCUT2D eigenvalue weighted by molar-refractivity contribution is 0.0907. The summed E-state index contributed by atoms with van der Waals surface area (Å²) in [6.07, 6.45) is 7.49. The molecule has 5 heteroatoms. The van der Waals surface area contributed by atoms with Crippen LogP contribution >= 0.6 is 0 Å². The molecule has 1 spiro atoms. The Morgan fingerprint density at radius 2 is 1.79 bits per heavy atom. The number of likely N-dealkylation sites (tertiary alicyclic amines) is 1. The van der Waals surface area contributed by atoms with Crippen LogP contribution in [-0.2, 0) is 12.8 Å². The Morgan fingerprint density at radius 3 is 2.62 bits per heavy atom. The summed E-state index contributed by atoms with van der Waals surface area (Å²) in [6.45, 7) is 8.98. The van der Waals surface area contributed by atoms with E-state index >= 15 is 0 Å². The molecule has 3 aliphatic heterocycles. The minimum absolute atomic E-state index is 0.472. The van der Waals surface area contributed by atoms with Gasteiger partial charge in [0.05, 0.1) is 5.69 Å². The molecule has 0 saturated carbocycles. The van der Waals surface area contributed by atoms with Crippen molar-refractivity contribution in [1.82, 2.24) is 20.2 Å². The predicted molar refractivity (Wildman–Crippen MR) is 97.7 cm³/mol. The summed E-state index contributed by atoms with van der Waals surface area (Å²) < 4.78 is 0. The van der Waals surface area contributed by atoms with Crippen LogP contribution < -0.4 is 10.2 Å². The molecule has 4 rings (SSSR count). The first kappa shape index (κ1) is 16.3. The van der Waals surface area contributed by atoms with Gasteiger partial charge < -0.3 is 15.1 Å². The SMILES string of the molecule is Cc1nc2c(c(N3CCC[C@@]4(CCCN(C)C4)C3)n1)CCNCC2. The van der Waals surface area contributed by atoms with Crippen LogP contribution in [0.1, 0.15) is 42.8 Å². The molecule has 1 atom stereocenters. The maximum Gasteiger partial charge on any atom is 0.135 e. The van der Waals surface area contributed by atoms with Gasteiger partial charge >= 0.3 is 0 Å². The average Bonchev–Trinajstić information content (AvgIpc) is 2.79. The predicted octanol–water partition coefficient (Wildman–Crippen LogP) is 1.79. The van der Waals surface area contributed by atoms with Crippen molar-refractivity contribution in [2.75, 3.05) is 51.2 Å². The van der Waals surface area contributed by atoms with Crippen molar-refractivity contribution in [3.05, 3.63) is 17.1 Å². The van der Waals surface area contributed by atoms with Crippen molar-refractivity contribution in [3.8, 4) is 0 Å². The van der Waals surface area contributed by atoms with Gasteiger partial charge in [-0.2, -0.15) is 0 Å². The lowest BCUT2D eigenvalue weighted by Crippen LogP contribution is -2.52. The van der Waals surface area contributed by atoms with E-state index in [4.69, 9.17) is 9.97 Å². The number of aryl methyl sites for hydroxylation is 1. The maximum atomic E-state index is 4.92. The highest BCUT2D eigenvalue weighted by atomic mass is 15.2. The van der Waals surface area contributed by atoms with Gasteiger partial charge in [-0.15, -0.1) is 0 Å². The number of nitrogens with zero attached hydrogens (tertiary/aromatic N) is 4. The van der Waals surface area contributed by atoms with E-state index in [9.17, 15) is 0 Å². The fourth-order valence-corrected chi connectivity index (χ4v) is 5.08. The monoisotopic (exact) mass is 329 g/mol. The quantitative estimate of drug-likeness (QED) is 0.851. The Morgan fingerprint density at radius 1 is 1.00 bits per heavy atom. The zero-order chi connectivity index (χ0) is 16.6. The summed E-state index contributed by atoms with van der Waals surface area (Å²) in [4.78, 5) is 14.8. The fourth-order valence-electron chi connectivity index (χ4n) is 5.08. The Hall–Kier alpha value is -1.20. The second-order valence-corrected chi connectivity index (χ2v) is 8.14. The Bertz CT molecular complexity index is 598. The Kier molecular flexibility index (Phi) is 4.48. The number of piperidine rings is 2. The molecule has 0 unspecified atom stereocenters. The summed E-state index contributed by atoms with van der Waals surface area (Å²) >= 11 is 0. The normalized spacial score (nSPS) is 28.7. The molecule has 24 heavy (non-hydrogen) atoms. The number of nitrogens with one attached hydrogen (secondary N) is 1. The number of hydrogen-bond donors (Lipinski definition) is 1. The summed E-state index contributed by atoms with van der Waals surface area (Å²) in [5.74, 6) is 2.18. The van der Waals surface area contributed by atoms with Crippen molar-refractivity contribution < 1.29 is 0 Å². The van der Waals surface area contributed by atoms with Crippen LogP contribution in [0.4, 0.5) is 5.82 Å². The van der Waals surface area contributed by atoms with Crippen LogP contribution in [0.3, 0.4) is 0 Å². The number of fused-ring (bicyclic) bond motifs is 1. The minimum atomic E-state index is 0.472. The van der Waals surface area contributed by atoms with E-state index in [0.29, 0.717) is 5.41 Å². The van der Waals surface area contributed by atoms with E-state index in [-0.39, 0.29) is 0 Å². The highest BCUT2D eigenvalue weighted by molar-refractivity contribution is 5.51. The van der Waals surface area contributed by atoms with Gasteiger partial charge in [-0.05, 0) is 59.2 Å². The molecule has 2 saturated heterocycles. The molecule has 0 bridgehead atoms.